The van der Waals surface area contributed by atoms with Crippen molar-refractivity contribution in [2.24, 2.45) is 5.73 Å². The largest absolute Gasteiger partial charge is 0.325 e. The molecule has 1 heterocycles. The molecule has 0 radical (unpaired) electrons. The summed E-state index contributed by atoms with van der Waals surface area (Å²) in [7, 11) is 0. The average molecular weight is 283 g/mol. The zero-order chi connectivity index (χ0) is 13.8. The molecule has 0 saturated carbocycles. The zero-order valence-electron chi connectivity index (χ0n) is 10.0. The van der Waals surface area contributed by atoms with Crippen LogP contribution in [0, 0.1) is 5.82 Å². The second kappa shape index (κ2) is 5.90. The van der Waals surface area contributed by atoms with Gasteiger partial charge in [-0.3, -0.25) is 4.79 Å². The van der Waals surface area contributed by atoms with Gasteiger partial charge in [0.15, 0.2) is 5.78 Å². The predicted octanol–water partition coefficient (Wildman–Crippen LogP) is 1.34. The van der Waals surface area contributed by atoms with Crippen molar-refractivity contribution in [3.8, 4) is 0 Å². The Morgan fingerprint density at radius 1 is 1.47 bits per heavy atom. The van der Waals surface area contributed by atoms with Crippen LogP contribution in [0.25, 0.3) is 0 Å². The van der Waals surface area contributed by atoms with Crippen molar-refractivity contribution >= 4 is 17.4 Å². The van der Waals surface area contributed by atoms with Crippen LogP contribution in [-0.2, 0) is 24.3 Å². The van der Waals surface area contributed by atoms with E-state index in [2.05, 4.69) is 10.3 Å². The molecule has 0 aliphatic rings. The topological polar surface area (TPSA) is 73.8 Å². The molecule has 0 fully saturated rings. The maximum Gasteiger partial charge on any atom is 0.158 e. The molecule has 100 valence electrons. The summed E-state index contributed by atoms with van der Waals surface area (Å²) in [6.45, 7) is 0.288. The van der Waals surface area contributed by atoms with Crippen molar-refractivity contribution < 1.29 is 9.18 Å². The number of carbonyl (C=O) groups is 1. The average Bonchev–Trinajstić information content (AvgIpc) is 2.81. The molecular formula is C12H12ClFN4O. The lowest BCUT2D eigenvalue weighted by Crippen LogP contribution is -2.14. The standard InChI is InChI=1S/C12H12ClFN4O/c13-9-1-2-12(14)8(3-9)4-11(19)7-18-6-10(5-15)16-17-18/h1-3,6H,4-5,7,15H2. The van der Waals surface area contributed by atoms with Crippen LogP contribution in [0.15, 0.2) is 24.4 Å². The van der Waals surface area contributed by atoms with Gasteiger partial charge >= 0.3 is 0 Å². The Balaban J connectivity index is 2.03. The fourth-order valence-corrected chi connectivity index (χ4v) is 1.83. The number of Topliss-reactive ketones (excluding diaryl/α,β-unsaturated/α-hetero) is 1. The van der Waals surface area contributed by atoms with Crippen molar-refractivity contribution in [3.05, 3.63) is 46.5 Å². The van der Waals surface area contributed by atoms with Gasteiger partial charge in [0.05, 0.1) is 11.9 Å². The fourth-order valence-electron chi connectivity index (χ4n) is 1.64. The van der Waals surface area contributed by atoms with Gasteiger partial charge < -0.3 is 5.73 Å². The first-order chi connectivity index (χ1) is 9.08. The molecule has 2 aromatic rings. The second-order valence-electron chi connectivity index (χ2n) is 4.06. The molecule has 1 aromatic heterocycles. The highest BCUT2D eigenvalue weighted by Gasteiger charge is 2.10. The molecule has 5 nitrogen and oxygen atoms in total. The third-order valence-electron chi connectivity index (χ3n) is 2.53. The van der Waals surface area contributed by atoms with Crippen LogP contribution in [0.2, 0.25) is 5.02 Å². The molecule has 0 saturated heterocycles. The van der Waals surface area contributed by atoms with E-state index in [9.17, 15) is 9.18 Å². The van der Waals surface area contributed by atoms with Crippen LogP contribution < -0.4 is 5.73 Å². The summed E-state index contributed by atoms with van der Waals surface area (Å²) >= 11 is 5.76. The Labute approximate surface area is 114 Å². The van der Waals surface area contributed by atoms with Gasteiger partial charge in [0.2, 0.25) is 0 Å². The highest BCUT2D eigenvalue weighted by atomic mass is 35.5. The maximum absolute atomic E-state index is 13.5. The molecule has 0 aliphatic carbocycles. The molecule has 0 unspecified atom stereocenters. The van der Waals surface area contributed by atoms with E-state index in [1.165, 1.54) is 22.9 Å². The monoisotopic (exact) mass is 282 g/mol. The smallest absolute Gasteiger partial charge is 0.158 e. The Kier molecular flexibility index (Phi) is 4.24. The Morgan fingerprint density at radius 3 is 2.95 bits per heavy atom. The van der Waals surface area contributed by atoms with E-state index in [-0.39, 0.29) is 30.9 Å². The molecule has 7 heteroatoms. The number of nitrogens with two attached hydrogens (primary N) is 1. The van der Waals surface area contributed by atoms with Gasteiger partial charge in [-0.05, 0) is 23.8 Å². The van der Waals surface area contributed by atoms with E-state index in [0.29, 0.717) is 10.7 Å². The first-order valence-electron chi connectivity index (χ1n) is 5.63. The number of nitrogens with zero attached hydrogens (tertiary/aromatic N) is 3. The molecule has 0 aliphatic heterocycles. The van der Waals surface area contributed by atoms with Crippen molar-refractivity contribution in [1.82, 2.24) is 15.0 Å². The lowest BCUT2D eigenvalue weighted by Gasteiger charge is -2.03. The number of halogens is 2. The molecule has 2 rings (SSSR count). The van der Waals surface area contributed by atoms with E-state index in [1.807, 2.05) is 0 Å². The number of benzene rings is 1. The van der Waals surface area contributed by atoms with Gasteiger partial charge in [-0.25, -0.2) is 9.07 Å². The third kappa shape index (κ3) is 3.59. The maximum atomic E-state index is 13.5. The Bertz CT molecular complexity index is 599. The first-order valence-corrected chi connectivity index (χ1v) is 6.01. The van der Waals surface area contributed by atoms with E-state index >= 15 is 0 Å². The van der Waals surface area contributed by atoms with Crippen LogP contribution in [0.4, 0.5) is 4.39 Å². The quantitative estimate of drug-likeness (QED) is 0.898. The number of aromatic nitrogens is 3. The number of hydrogen-bond donors (Lipinski definition) is 1. The molecule has 1 aromatic carbocycles. The minimum atomic E-state index is -0.445. The Morgan fingerprint density at radius 2 is 2.26 bits per heavy atom. The first kappa shape index (κ1) is 13.6. The van der Waals surface area contributed by atoms with E-state index in [1.54, 1.807) is 6.20 Å². The lowest BCUT2D eigenvalue weighted by atomic mass is 10.1. The zero-order valence-corrected chi connectivity index (χ0v) is 10.8. The minimum absolute atomic E-state index is 0.0267. The molecule has 2 N–H and O–H groups in total. The van der Waals surface area contributed by atoms with Gasteiger partial charge in [-0.2, -0.15) is 0 Å². The van der Waals surface area contributed by atoms with Crippen molar-refractivity contribution in [1.29, 1.82) is 0 Å². The number of ketones is 1. The summed E-state index contributed by atoms with van der Waals surface area (Å²) in [4.78, 5) is 11.8. The van der Waals surface area contributed by atoms with Crippen molar-refractivity contribution in [2.75, 3.05) is 0 Å². The van der Waals surface area contributed by atoms with Gasteiger partial charge in [0.1, 0.15) is 12.4 Å². The second-order valence-corrected chi connectivity index (χ2v) is 4.50. The van der Waals surface area contributed by atoms with Crippen LogP contribution in [0.3, 0.4) is 0 Å². The summed E-state index contributed by atoms with van der Waals surface area (Å²) in [5, 5.41) is 7.92. The van der Waals surface area contributed by atoms with Gasteiger partial charge in [-0.15, -0.1) is 5.10 Å². The summed E-state index contributed by atoms with van der Waals surface area (Å²) in [5.41, 5.74) is 6.26. The van der Waals surface area contributed by atoms with E-state index in [0.717, 1.165) is 0 Å². The highest BCUT2D eigenvalue weighted by Crippen LogP contribution is 2.15. The predicted molar refractivity (Wildman–Crippen MR) is 68.0 cm³/mol. The molecule has 0 amide bonds. The number of hydrogen-bond acceptors (Lipinski definition) is 4. The SMILES string of the molecule is NCc1cn(CC(=O)Cc2cc(Cl)ccc2F)nn1. The third-order valence-corrected chi connectivity index (χ3v) is 2.76. The molecule has 19 heavy (non-hydrogen) atoms. The summed E-state index contributed by atoms with van der Waals surface area (Å²) in [6.07, 6.45) is 1.55. The molecular weight excluding hydrogens is 271 g/mol. The van der Waals surface area contributed by atoms with Gasteiger partial charge in [0, 0.05) is 18.0 Å². The Hall–Kier alpha value is -1.79. The van der Waals surface area contributed by atoms with E-state index < -0.39 is 5.82 Å². The summed E-state index contributed by atoms with van der Waals surface area (Å²) < 4.78 is 14.8. The summed E-state index contributed by atoms with van der Waals surface area (Å²) in [6, 6.07) is 4.13. The molecule has 0 spiro atoms. The molecule has 0 bridgehead atoms. The van der Waals surface area contributed by atoms with Gasteiger partial charge in [-0.1, -0.05) is 16.8 Å². The minimum Gasteiger partial charge on any atom is -0.325 e. The number of carbonyl (C=O) groups excluding carboxylic acids is 1. The van der Waals surface area contributed by atoms with Crippen LogP contribution in [0.5, 0.6) is 0 Å². The fraction of sp³-hybridized carbons (Fsp3) is 0.250. The molecule has 0 atom stereocenters. The van der Waals surface area contributed by atoms with E-state index in [4.69, 9.17) is 17.3 Å². The van der Waals surface area contributed by atoms with Crippen molar-refractivity contribution in [3.63, 3.8) is 0 Å². The van der Waals surface area contributed by atoms with Crippen LogP contribution in [0.1, 0.15) is 11.3 Å². The van der Waals surface area contributed by atoms with Crippen LogP contribution >= 0.6 is 11.6 Å². The normalized spacial score (nSPS) is 10.7. The number of rotatable bonds is 5. The van der Waals surface area contributed by atoms with Crippen molar-refractivity contribution in [2.45, 2.75) is 19.5 Å². The summed E-state index contributed by atoms with van der Waals surface area (Å²) in [5.74, 6) is -0.631. The van der Waals surface area contributed by atoms with Gasteiger partial charge in [0.25, 0.3) is 0 Å². The highest BCUT2D eigenvalue weighted by molar-refractivity contribution is 6.30. The van der Waals surface area contributed by atoms with Crippen LogP contribution in [-0.4, -0.2) is 20.8 Å². The lowest BCUT2D eigenvalue weighted by molar-refractivity contribution is -0.119.